The lowest BCUT2D eigenvalue weighted by Crippen LogP contribution is -2.19. The molecule has 46 valence electrons. The van der Waals surface area contributed by atoms with Crippen molar-refractivity contribution >= 4 is 0 Å². The van der Waals surface area contributed by atoms with Crippen LogP contribution in [0, 0.1) is 6.92 Å². The zero-order valence-electron chi connectivity index (χ0n) is 5.27. The Morgan fingerprint density at radius 2 is 1.88 bits per heavy atom. The molecular weight excluding hydrogens is 98.1 g/mol. The molecule has 0 aromatic rings. The second-order valence-electron chi connectivity index (χ2n) is 2.34. The molecule has 1 saturated heterocycles. The average molecular weight is 111 g/mol. The van der Waals surface area contributed by atoms with Gasteiger partial charge in [0.1, 0.15) is 0 Å². The molecule has 1 heterocycles. The number of rotatable bonds is 2. The van der Waals surface area contributed by atoms with Crippen molar-refractivity contribution in [3.8, 4) is 0 Å². The van der Waals surface area contributed by atoms with Crippen LogP contribution in [0.4, 0.5) is 0 Å². The summed E-state index contributed by atoms with van der Waals surface area (Å²) >= 11 is 0. The highest BCUT2D eigenvalue weighted by Gasteiger charge is 2.08. The van der Waals surface area contributed by atoms with Crippen LogP contribution in [0.25, 0.3) is 0 Å². The standard InChI is InChI=1S/C7H13N/c1-2-5-8-6-3-4-7-8/h1H,2-7H2. The molecule has 1 rings (SSSR count). The molecule has 0 spiro atoms. The maximum atomic E-state index is 5.37. The molecule has 0 N–H and O–H groups in total. The fraction of sp³-hybridized carbons (Fsp3) is 0.857. The Balaban J connectivity index is 2.06. The molecule has 0 aliphatic carbocycles. The van der Waals surface area contributed by atoms with E-state index in [4.69, 9.17) is 6.92 Å². The summed E-state index contributed by atoms with van der Waals surface area (Å²) in [5, 5.41) is 0. The summed E-state index contributed by atoms with van der Waals surface area (Å²) < 4.78 is 0. The summed E-state index contributed by atoms with van der Waals surface area (Å²) in [4.78, 5) is 2.42. The van der Waals surface area contributed by atoms with E-state index in [0.29, 0.717) is 0 Å². The van der Waals surface area contributed by atoms with Crippen molar-refractivity contribution in [2.75, 3.05) is 19.6 Å². The summed E-state index contributed by atoms with van der Waals surface area (Å²) in [7, 11) is 0. The van der Waals surface area contributed by atoms with Gasteiger partial charge < -0.3 is 4.90 Å². The molecule has 0 saturated carbocycles. The Labute approximate surface area is 51.7 Å². The molecule has 1 aliphatic rings. The molecule has 1 heteroatoms. The van der Waals surface area contributed by atoms with E-state index in [1.165, 1.54) is 25.9 Å². The highest BCUT2D eigenvalue weighted by atomic mass is 15.1. The van der Waals surface area contributed by atoms with Crippen molar-refractivity contribution < 1.29 is 0 Å². The van der Waals surface area contributed by atoms with Gasteiger partial charge >= 0.3 is 0 Å². The van der Waals surface area contributed by atoms with Crippen LogP contribution in [0.3, 0.4) is 0 Å². The van der Waals surface area contributed by atoms with Gasteiger partial charge in [-0.15, -0.1) is 0 Å². The number of hydrogen-bond acceptors (Lipinski definition) is 1. The number of likely N-dealkylation sites (tertiary alicyclic amines) is 1. The zero-order valence-corrected chi connectivity index (χ0v) is 5.27. The lowest BCUT2D eigenvalue weighted by atomic mass is 10.4. The maximum Gasteiger partial charge on any atom is -0.00159 e. The van der Waals surface area contributed by atoms with Gasteiger partial charge in [-0.25, -0.2) is 0 Å². The van der Waals surface area contributed by atoms with Gasteiger partial charge in [-0.2, -0.15) is 0 Å². The van der Waals surface area contributed by atoms with Crippen LogP contribution in [0.2, 0.25) is 0 Å². The molecule has 1 nitrogen and oxygen atoms in total. The van der Waals surface area contributed by atoms with Gasteiger partial charge in [0.2, 0.25) is 0 Å². The van der Waals surface area contributed by atoms with E-state index in [2.05, 4.69) is 4.90 Å². The molecule has 0 aromatic carbocycles. The molecule has 1 aliphatic heterocycles. The highest BCUT2D eigenvalue weighted by molar-refractivity contribution is 4.65. The van der Waals surface area contributed by atoms with Crippen LogP contribution in [0.15, 0.2) is 0 Å². The topological polar surface area (TPSA) is 3.24 Å². The molecule has 2 radical (unpaired) electrons. The molecule has 0 unspecified atom stereocenters. The Morgan fingerprint density at radius 1 is 1.25 bits per heavy atom. The normalized spacial score (nSPS) is 22.1. The minimum atomic E-state index is 0.819. The van der Waals surface area contributed by atoms with Crippen LogP contribution in [0.5, 0.6) is 0 Å². The summed E-state index contributed by atoms with van der Waals surface area (Å²) in [6, 6.07) is 0. The fourth-order valence-electron chi connectivity index (χ4n) is 1.19. The second-order valence-corrected chi connectivity index (χ2v) is 2.34. The Bertz CT molecular complexity index is 55.4. The van der Waals surface area contributed by atoms with E-state index in [-0.39, 0.29) is 0 Å². The fourth-order valence-corrected chi connectivity index (χ4v) is 1.19. The third kappa shape index (κ3) is 1.48. The Morgan fingerprint density at radius 3 is 2.38 bits per heavy atom. The predicted octanol–water partition coefficient (Wildman–Crippen LogP) is 1.18. The van der Waals surface area contributed by atoms with Crippen molar-refractivity contribution in [2.24, 2.45) is 0 Å². The summed E-state index contributed by atoms with van der Waals surface area (Å²) in [6.07, 6.45) is 3.57. The molecule has 0 amide bonds. The van der Waals surface area contributed by atoms with Gasteiger partial charge in [0.05, 0.1) is 0 Å². The third-order valence-corrected chi connectivity index (χ3v) is 1.64. The Kier molecular flexibility index (Phi) is 2.34. The first kappa shape index (κ1) is 6.09. The van der Waals surface area contributed by atoms with Crippen molar-refractivity contribution in [1.82, 2.24) is 4.90 Å². The van der Waals surface area contributed by atoms with E-state index < -0.39 is 0 Å². The minimum absolute atomic E-state index is 0.819. The SMILES string of the molecule is [CH]CCN1CCCC1. The third-order valence-electron chi connectivity index (χ3n) is 1.64. The van der Waals surface area contributed by atoms with E-state index in [9.17, 15) is 0 Å². The van der Waals surface area contributed by atoms with Crippen molar-refractivity contribution in [1.29, 1.82) is 0 Å². The second kappa shape index (κ2) is 3.08. The van der Waals surface area contributed by atoms with Crippen LogP contribution < -0.4 is 0 Å². The minimum Gasteiger partial charge on any atom is -0.303 e. The van der Waals surface area contributed by atoms with Gasteiger partial charge in [-0.05, 0) is 45.8 Å². The first-order valence-electron chi connectivity index (χ1n) is 3.36. The smallest absolute Gasteiger partial charge is 0.00159 e. The van der Waals surface area contributed by atoms with Crippen molar-refractivity contribution in [2.45, 2.75) is 19.3 Å². The molecule has 0 atom stereocenters. The molecule has 1 fully saturated rings. The molecule has 0 aromatic heterocycles. The van der Waals surface area contributed by atoms with Crippen molar-refractivity contribution in [3.63, 3.8) is 0 Å². The van der Waals surface area contributed by atoms with E-state index >= 15 is 0 Å². The summed E-state index contributed by atoms with van der Waals surface area (Å²) in [6.45, 7) is 9.01. The first-order chi connectivity index (χ1) is 3.93. The Hall–Kier alpha value is -0.0400. The first-order valence-corrected chi connectivity index (χ1v) is 3.36. The van der Waals surface area contributed by atoms with Gasteiger partial charge in [-0.3, -0.25) is 0 Å². The van der Waals surface area contributed by atoms with Gasteiger partial charge in [0, 0.05) is 0 Å². The zero-order chi connectivity index (χ0) is 5.82. The average Bonchev–Trinajstić information content (AvgIpc) is 2.19. The van der Waals surface area contributed by atoms with Crippen LogP contribution in [-0.2, 0) is 0 Å². The van der Waals surface area contributed by atoms with Crippen LogP contribution >= 0.6 is 0 Å². The number of nitrogens with zero attached hydrogens (tertiary/aromatic N) is 1. The largest absolute Gasteiger partial charge is 0.303 e. The van der Waals surface area contributed by atoms with Gasteiger partial charge in [0.15, 0.2) is 0 Å². The molecule has 8 heavy (non-hydrogen) atoms. The predicted molar refractivity (Wildman–Crippen MR) is 34.6 cm³/mol. The van der Waals surface area contributed by atoms with E-state index in [1.807, 2.05) is 0 Å². The molecule has 0 bridgehead atoms. The summed E-state index contributed by atoms with van der Waals surface area (Å²) in [5.41, 5.74) is 0. The van der Waals surface area contributed by atoms with Gasteiger partial charge in [-0.1, -0.05) is 0 Å². The van der Waals surface area contributed by atoms with Crippen molar-refractivity contribution in [3.05, 3.63) is 6.92 Å². The van der Waals surface area contributed by atoms with Crippen LogP contribution in [-0.4, -0.2) is 24.5 Å². The van der Waals surface area contributed by atoms with E-state index in [1.54, 1.807) is 0 Å². The quantitative estimate of drug-likeness (QED) is 0.517. The lowest BCUT2D eigenvalue weighted by Gasteiger charge is -2.11. The lowest BCUT2D eigenvalue weighted by molar-refractivity contribution is 0.345. The monoisotopic (exact) mass is 111 g/mol. The maximum absolute atomic E-state index is 5.37. The summed E-state index contributed by atoms with van der Waals surface area (Å²) in [5.74, 6) is 0. The number of hydrogen-bond donors (Lipinski definition) is 0. The highest BCUT2D eigenvalue weighted by Crippen LogP contribution is 2.06. The molecular formula is C7H13N. The van der Waals surface area contributed by atoms with Gasteiger partial charge in [0.25, 0.3) is 0 Å². The van der Waals surface area contributed by atoms with E-state index in [0.717, 1.165) is 13.0 Å². The van der Waals surface area contributed by atoms with Crippen LogP contribution in [0.1, 0.15) is 19.3 Å².